The van der Waals surface area contributed by atoms with Crippen molar-refractivity contribution in [3.05, 3.63) is 24.3 Å². The van der Waals surface area contributed by atoms with Gasteiger partial charge in [0.1, 0.15) is 7.21 Å². The van der Waals surface area contributed by atoms with Gasteiger partial charge in [-0.2, -0.15) is 4.52 Å². The zero-order chi connectivity index (χ0) is 16.6. The topological polar surface area (TPSA) is 40.3 Å². The summed E-state index contributed by atoms with van der Waals surface area (Å²) in [6.45, 7) is 8.06. The van der Waals surface area contributed by atoms with Gasteiger partial charge in [-0.25, -0.2) is 9.03 Å². The fraction of sp³-hybridized carbons (Fsp3) is 0.455. The summed E-state index contributed by atoms with van der Waals surface area (Å²) in [4.78, 5) is 2.26. The van der Waals surface area contributed by atoms with Crippen LogP contribution in [0.25, 0.3) is 0 Å². The van der Waals surface area contributed by atoms with Crippen molar-refractivity contribution in [1.82, 2.24) is 0 Å². The van der Waals surface area contributed by atoms with E-state index < -0.39 is 19.0 Å². The van der Waals surface area contributed by atoms with E-state index in [1.54, 1.807) is 0 Å². The van der Waals surface area contributed by atoms with Crippen molar-refractivity contribution in [2.24, 2.45) is 13.5 Å². The third-order valence-electron chi connectivity index (χ3n) is 3.25. The standard InChI is InChI=1S/C11H17Cl4N4P3/c1-4-19(5-2)10-6-8-11(9-7-10)20(3)16-21(12,13)18-22(14,15)17-20/h6-9H,4-5H2,1-3H3. The summed E-state index contributed by atoms with van der Waals surface area (Å²) in [5.41, 5.74) is 1.15. The van der Waals surface area contributed by atoms with Crippen LogP contribution >= 0.6 is 64.0 Å². The molecule has 1 aliphatic rings. The first kappa shape index (κ1) is 19.2. The van der Waals surface area contributed by atoms with Gasteiger partial charge in [-0.05, 0) is 89.7 Å². The Balaban J connectivity index is 2.51. The van der Waals surface area contributed by atoms with Gasteiger partial charge >= 0.3 is 0 Å². The molecule has 124 valence electrons. The lowest BCUT2D eigenvalue weighted by molar-refractivity contribution is 0.866. The Labute approximate surface area is 151 Å². The highest BCUT2D eigenvalue weighted by molar-refractivity contribution is 8.21. The summed E-state index contributed by atoms with van der Waals surface area (Å²) in [5, 5.41) is 0.953. The van der Waals surface area contributed by atoms with E-state index >= 15 is 0 Å². The second kappa shape index (κ2) is 7.01. The summed E-state index contributed by atoms with van der Waals surface area (Å²) in [7, 11) is -2.32. The number of rotatable bonds is 4. The van der Waals surface area contributed by atoms with Crippen molar-refractivity contribution in [3.63, 3.8) is 0 Å². The van der Waals surface area contributed by atoms with Crippen molar-refractivity contribution in [2.75, 3.05) is 24.7 Å². The van der Waals surface area contributed by atoms with E-state index in [0.29, 0.717) is 0 Å². The molecule has 1 atom stereocenters. The molecule has 1 aromatic rings. The first-order valence-electron chi connectivity index (χ1n) is 6.64. The summed E-state index contributed by atoms with van der Waals surface area (Å²) in [5.74, 6) is -5.72. The molecule has 1 aromatic carbocycles. The lowest BCUT2D eigenvalue weighted by Crippen LogP contribution is -2.22. The van der Waals surface area contributed by atoms with Crippen molar-refractivity contribution in [3.8, 4) is 0 Å². The Morgan fingerprint density at radius 2 is 1.36 bits per heavy atom. The first-order chi connectivity index (χ1) is 10.1. The largest absolute Gasteiger partial charge is 0.372 e. The highest BCUT2D eigenvalue weighted by Crippen LogP contribution is 2.84. The summed E-state index contributed by atoms with van der Waals surface area (Å²) < 4.78 is 13.0. The summed E-state index contributed by atoms with van der Waals surface area (Å²) >= 11 is 24.7. The Morgan fingerprint density at radius 1 is 0.864 bits per heavy atom. The molecule has 0 fully saturated rings. The van der Waals surface area contributed by atoms with Gasteiger partial charge < -0.3 is 4.90 Å². The quantitative estimate of drug-likeness (QED) is 0.441. The lowest BCUT2D eigenvalue weighted by Gasteiger charge is -2.25. The van der Waals surface area contributed by atoms with Gasteiger partial charge in [0.2, 0.25) is 0 Å². The Hall–Kier alpha value is 0.870. The van der Waals surface area contributed by atoms with Crippen LogP contribution in [0.2, 0.25) is 0 Å². The lowest BCUT2D eigenvalue weighted by atomic mass is 10.3. The molecule has 22 heavy (non-hydrogen) atoms. The average Bonchev–Trinajstić information content (AvgIpc) is 2.36. The Morgan fingerprint density at radius 3 is 1.82 bits per heavy atom. The molecule has 0 amide bonds. The number of hydrogen-bond acceptors (Lipinski definition) is 4. The highest BCUT2D eigenvalue weighted by Gasteiger charge is 2.31. The van der Waals surface area contributed by atoms with Gasteiger partial charge in [-0.15, -0.1) is 0 Å². The van der Waals surface area contributed by atoms with Crippen LogP contribution in [0.3, 0.4) is 0 Å². The van der Waals surface area contributed by atoms with E-state index in [1.165, 1.54) is 0 Å². The van der Waals surface area contributed by atoms with Crippen LogP contribution in [-0.2, 0) is 0 Å². The Kier molecular flexibility index (Phi) is 6.11. The van der Waals surface area contributed by atoms with E-state index in [-0.39, 0.29) is 0 Å². The molecule has 0 bridgehead atoms. The maximum absolute atomic E-state index is 6.18. The molecule has 0 N–H and O–H groups in total. The normalized spacial score (nSPS) is 25.6. The number of benzene rings is 1. The molecule has 0 aromatic heterocycles. The van der Waals surface area contributed by atoms with Crippen molar-refractivity contribution in [1.29, 1.82) is 0 Å². The van der Waals surface area contributed by atoms with Gasteiger partial charge in [0.05, 0.1) is 0 Å². The van der Waals surface area contributed by atoms with Crippen LogP contribution in [-0.4, -0.2) is 19.8 Å². The van der Waals surface area contributed by atoms with Gasteiger partial charge in [0.25, 0.3) is 11.8 Å². The number of halogens is 4. The first-order valence-corrected chi connectivity index (χ1v) is 15.8. The van der Waals surface area contributed by atoms with E-state index in [0.717, 1.165) is 24.1 Å². The molecule has 1 aliphatic heterocycles. The van der Waals surface area contributed by atoms with Crippen LogP contribution in [0.5, 0.6) is 0 Å². The van der Waals surface area contributed by atoms with Crippen LogP contribution in [0.4, 0.5) is 5.69 Å². The fourth-order valence-corrected chi connectivity index (χ4v) is 19.1. The second-order valence-corrected chi connectivity index (χ2v) is 17.8. The molecule has 1 heterocycles. The molecule has 1 unspecified atom stereocenters. The predicted molar refractivity (Wildman–Crippen MR) is 107 cm³/mol. The SMILES string of the molecule is CCN(CC)c1ccc(P2(C)=NP(Cl)(Cl)=NP(Cl)(Cl)=N2)cc1. The van der Waals surface area contributed by atoms with Crippen LogP contribution in [0, 0.1) is 0 Å². The molecule has 0 aliphatic carbocycles. The van der Waals surface area contributed by atoms with E-state index in [9.17, 15) is 0 Å². The average molecular weight is 440 g/mol. The van der Waals surface area contributed by atoms with Crippen molar-refractivity contribution >= 4 is 75.0 Å². The third-order valence-corrected chi connectivity index (χ3v) is 15.6. The van der Waals surface area contributed by atoms with Crippen LogP contribution in [0.1, 0.15) is 13.8 Å². The van der Waals surface area contributed by atoms with Gasteiger partial charge in [-0.3, -0.25) is 0 Å². The van der Waals surface area contributed by atoms with Gasteiger partial charge in [-0.1, -0.05) is 0 Å². The minimum atomic E-state index is -2.86. The van der Waals surface area contributed by atoms with Crippen LogP contribution < -0.4 is 10.2 Å². The van der Waals surface area contributed by atoms with E-state index in [4.69, 9.17) is 45.0 Å². The van der Waals surface area contributed by atoms with Crippen molar-refractivity contribution < 1.29 is 0 Å². The monoisotopic (exact) mass is 438 g/mol. The van der Waals surface area contributed by atoms with E-state index in [2.05, 4.69) is 44.4 Å². The molecular weight excluding hydrogens is 423 g/mol. The zero-order valence-electron chi connectivity index (χ0n) is 12.4. The minimum Gasteiger partial charge on any atom is -0.372 e. The maximum Gasteiger partial charge on any atom is 0.255 e. The van der Waals surface area contributed by atoms with Gasteiger partial charge in [0, 0.05) is 24.1 Å². The van der Waals surface area contributed by atoms with E-state index in [1.807, 2.05) is 18.8 Å². The maximum atomic E-state index is 6.18. The summed E-state index contributed by atoms with van der Waals surface area (Å²) in [6.07, 6.45) is 0. The second-order valence-electron chi connectivity index (χ2n) is 4.78. The molecule has 2 rings (SSSR count). The molecule has 0 saturated carbocycles. The fourth-order valence-electron chi connectivity index (χ4n) is 2.24. The zero-order valence-corrected chi connectivity index (χ0v) is 18.1. The molecule has 11 heteroatoms. The van der Waals surface area contributed by atoms with Gasteiger partial charge in [0.15, 0.2) is 0 Å². The highest BCUT2D eigenvalue weighted by atomic mass is 35.9. The minimum absolute atomic E-state index is 0.950. The number of nitrogens with zero attached hydrogens (tertiary/aromatic N) is 4. The molecule has 4 nitrogen and oxygen atoms in total. The smallest absolute Gasteiger partial charge is 0.255 e. The Bertz CT molecular complexity index is 708. The number of anilines is 1. The molecule has 0 radical (unpaired) electrons. The van der Waals surface area contributed by atoms with Crippen LogP contribution in [0.15, 0.2) is 37.8 Å². The number of hydrogen-bond donors (Lipinski definition) is 0. The van der Waals surface area contributed by atoms with Crippen molar-refractivity contribution in [2.45, 2.75) is 13.8 Å². The molecule has 0 spiro atoms. The molecule has 0 saturated heterocycles. The molecular formula is C11H17Cl4N4P3. The third kappa shape index (κ3) is 4.48. The summed E-state index contributed by atoms with van der Waals surface area (Å²) in [6, 6.07) is 8.10. The predicted octanol–water partition coefficient (Wildman–Crippen LogP) is 7.77.